The van der Waals surface area contributed by atoms with Gasteiger partial charge in [-0.2, -0.15) is 13.5 Å². The number of sulfonamides is 1. The van der Waals surface area contributed by atoms with Gasteiger partial charge in [0, 0.05) is 29.9 Å². The number of carbonyl (C=O) groups excluding carboxylic acids is 1. The molecule has 1 unspecified atom stereocenters. The van der Waals surface area contributed by atoms with Gasteiger partial charge in [-0.05, 0) is 82.3 Å². The number of nitrogens with zero attached hydrogens (tertiary/aromatic N) is 4. The molecule has 1 fully saturated rings. The number of pyridine rings is 1. The number of likely N-dealkylation sites (tertiary alicyclic amines) is 1. The first-order valence-electron chi connectivity index (χ1n) is 13.0. The predicted molar refractivity (Wildman–Crippen MR) is 145 cm³/mol. The van der Waals surface area contributed by atoms with Gasteiger partial charge >= 0.3 is 6.03 Å². The molecule has 5 rings (SSSR count). The maximum absolute atomic E-state index is 13.3. The van der Waals surface area contributed by atoms with E-state index in [4.69, 9.17) is 4.74 Å². The molecule has 0 saturated carbocycles. The third kappa shape index (κ3) is 5.00. The van der Waals surface area contributed by atoms with E-state index < -0.39 is 16.1 Å². The largest absolute Gasteiger partial charge is 0.481 e. The molecular weight excluding hydrogens is 504 g/mol. The zero-order valence-electron chi connectivity index (χ0n) is 22.2. The number of aromatic nitrogens is 3. The predicted octanol–water partition coefficient (Wildman–Crippen LogP) is 4.30. The van der Waals surface area contributed by atoms with Gasteiger partial charge in [0.15, 0.2) is 5.03 Å². The molecule has 1 aromatic carbocycles. The number of anilines is 1. The van der Waals surface area contributed by atoms with Gasteiger partial charge in [-0.1, -0.05) is 12.1 Å². The Balaban J connectivity index is 1.44. The molecule has 38 heavy (non-hydrogen) atoms. The lowest BCUT2D eigenvalue weighted by Gasteiger charge is -2.21. The lowest BCUT2D eigenvalue weighted by Crippen LogP contribution is -2.35. The van der Waals surface area contributed by atoms with Gasteiger partial charge in [-0.3, -0.25) is 9.58 Å². The van der Waals surface area contributed by atoms with Crippen molar-refractivity contribution >= 4 is 21.7 Å². The van der Waals surface area contributed by atoms with E-state index in [1.165, 1.54) is 0 Å². The normalized spacial score (nSPS) is 17.6. The Morgan fingerprint density at radius 2 is 1.97 bits per heavy atom. The van der Waals surface area contributed by atoms with E-state index in [1.807, 2.05) is 33.0 Å². The molecule has 1 saturated heterocycles. The van der Waals surface area contributed by atoms with Crippen LogP contribution >= 0.6 is 0 Å². The van der Waals surface area contributed by atoms with Crippen molar-refractivity contribution in [2.45, 2.75) is 63.1 Å². The second-order valence-electron chi connectivity index (χ2n) is 10.2. The first-order chi connectivity index (χ1) is 18.2. The van der Waals surface area contributed by atoms with Crippen LogP contribution in [0.5, 0.6) is 5.88 Å². The van der Waals surface area contributed by atoms with Crippen LogP contribution in [0.25, 0.3) is 11.1 Å². The van der Waals surface area contributed by atoms with E-state index in [9.17, 15) is 13.2 Å². The van der Waals surface area contributed by atoms with Gasteiger partial charge in [0.1, 0.15) is 0 Å². The summed E-state index contributed by atoms with van der Waals surface area (Å²) in [4.78, 5) is 19.5. The first kappa shape index (κ1) is 26.2. The number of urea groups is 1. The van der Waals surface area contributed by atoms with Crippen LogP contribution in [0.4, 0.5) is 10.5 Å². The summed E-state index contributed by atoms with van der Waals surface area (Å²) in [6.45, 7) is 4.88. The Hall–Kier alpha value is -3.44. The fraction of sp³-hybridized carbons (Fsp3) is 0.444. The van der Waals surface area contributed by atoms with Crippen molar-refractivity contribution in [3.8, 4) is 17.0 Å². The van der Waals surface area contributed by atoms with Gasteiger partial charge in [0.25, 0.3) is 10.0 Å². The summed E-state index contributed by atoms with van der Waals surface area (Å²) < 4.78 is 35.8. The molecular formula is C27H34N6O4S. The Morgan fingerprint density at radius 1 is 1.16 bits per heavy atom. The van der Waals surface area contributed by atoms with Crippen molar-refractivity contribution in [1.29, 1.82) is 0 Å². The summed E-state index contributed by atoms with van der Waals surface area (Å²) in [5.74, 6) is 0.449. The highest BCUT2D eigenvalue weighted by molar-refractivity contribution is 7.90. The number of hydrogen-bond donors (Lipinski definition) is 2. The van der Waals surface area contributed by atoms with Crippen molar-refractivity contribution < 1.29 is 17.9 Å². The summed E-state index contributed by atoms with van der Waals surface area (Å²) in [5.41, 5.74) is 5.19. The van der Waals surface area contributed by atoms with E-state index in [0.717, 1.165) is 66.6 Å². The number of benzene rings is 1. The average Bonchev–Trinajstić information content (AvgIpc) is 3.63. The molecule has 3 aromatic rings. The number of ether oxygens (including phenoxy) is 1. The van der Waals surface area contributed by atoms with E-state index in [0.29, 0.717) is 11.6 Å². The maximum atomic E-state index is 13.3. The highest BCUT2D eigenvalue weighted by atomic mass is 32.2. The zero-order valence-corrected chi connectivity index (χ0v) is 23.0. The molecule has 10 nitrogen and oxygen atoms in total. The summed E-state index contributed by atoms with van der Waals surface area (Å²) >= 11 is 0. The second-order valence-corrected chi connectivity index (χ2v) is 11.8. The van der Waals surface area contributed by atoms with Gasteiger partial charge in [0.2, 0.25) is 5.88 Å². The van der Waals surface area contributed by atoms with Crippen molar-refractivity contribution in [3.05, 3.63) is 53.3 Å². The number of nitrogens with one attached hydrogen (secondary N) is 2. The van der Waals surface area contributed by atoms with Crippen LogP contribution in [0, 0.1) is 0 Å². The molecule has 0 radical (unpaired) electrons. The SMILES string of the molecule is COc1cc(-c2ccc3c(c2NC(=O)NS(=O)(=O)c2cc(C4CCCN4C)n(C(C)C)n2)CCC3)ccn1. The zero-order chi connectivity index (χ0) is 27.0. The molecule has 202 valence electrons. The monoisotopic (exact) mass is 538 g/mol. The second kappa shape index (κ2) is 10.4. The molecule has 1 atom stereocenters. The van der Waals surface area contributed by atoms with Crippen molar-refractivity contribution in [2.75, 3.05) is 26.0 Å². The van der Waals surface area contributed by atoms with Gasteiger partial charge in [-0.15, -0.1) is 0 Å². The molecule has 3 heterocycles. The molecule has 2 N–H and O–H groups in total. The number of carbonyl (C=O) groups is 1. The topological polar surface area (TPSA) is 118 Å². The van der Waals surface area contributed by atoms with E-state index >= 15 is 0 Å². The Kier molecular flexibility index (Phi) is 7.15. The number of rotatable bonds is 7. The standard InChI is InChI=1S/C27H34N6O4S/c1-17(2)33-23(22-9-6-14-32(22)3)16-25(30-33)38(35,36)31-27(34)29-26-20-8-5-7-18(20)10-11-21(26)19-12-13-28-24(15-19)37-4/h10-13,15-17,22H,5-9,14H2,1-4H3,(H2,29,31,34). The number of aryl methyl sites for hydroxylation is 1. The van der Waals surface area contributed by atoms with Crippen LogP contribution in [0.2, 0.25) is 0 Å². The molecule has 0 spiro atoms. The number of fused-ring (bicyclic) bond motifs is 1. The fourth-order valence-corrected chi connectivity index (χ4v) is 6.39. The molecule has 11 heteroatoms. The minimum Gasteiger partial charge on any atom is -0.481 e. The molecule has 2 aromatic heterocycles. The van der Waals surface area contributed by atoms with Gasteiger partial charge in [-0.25, -0.2) is 14.5 Å². The minimum atomic E-state index is -4.21. The molecule has 0 bridgehead atoms. The maximum Gasteiger partial charge on any atom is 0.333 e. The van der Waals surface area contributed by atoms with Crippen molar-refractivity contribution in [3.63, 3.8) is 0 Å². The molecule has 1 aliphatic carbocycles. The Labute approximate surface area is 223 Å². The van der Waals surface area contributed by atoms with Gasteiger partial charge in [0.05, 0.1) is 24.5 Å². The summed E-state index contributed by atoms with van der Waals surface area (Å²) in [6.07, 6.45) is 6.29. The summed E-state index contributed by atoms with van der Waals surface area (Å²) in [6, 6.07) is 8.46. The van der Waals surface area contributed by atoms with E-state index in [2.05, 4.69) is 31.1 Å². The lowest BCUT2D eigenvalue weighted by molar-refractivity contribution is 0.256. The minimum absolute atomic E-state index is 0.0244. The quantitative estimate of drug-likeness (QED) is 0.460. The van der Waals surface area contributed by atoms with Gasteiger partial charge < -0.3 is 10.1 Å². The van der Waals surface area contributed by atoms with Crippen molar-refractivity contribution in [1.82, 2.24) is 24.4 Å². The number of methoxy groups -OCH3 is 1. The fourth-order valence-electron chi connectivity index (χ4n) is 5.51. The van der Waals surface area contributed by atoms with Crippen molar-refractivity contribution in [2.24, 2.45) is 0 Å². The average molecular weight is 539 g/mol. The third-order valence-electron chi connectivity index (χ3n) is 7.37. The van der Waals surface area contributed by atoms with Crippen LogP contribution in [0.1, 0.15) is 62.0 Å². The molecule has 1 aliphatic heterocycles. The number of amides is 2. The van der Waals surface area contributed by atoms with Crippen LogP contribution < -0.4 is 14.8 Å². The smallest absolute Gasteiger partial charge is 0.333 e. The first-order valence-corrected chi connectivity index (χ1v) is 14.4. The van der Waals surface area contributed by atoms with Crippen LogP contribution in [0.3, 0.4) is 0 Å². The van der Waals surface area contributed by atoms with Crippen LogP contribution in [-0.2, 0) is 22.9 Å². The van der Waals surface area contributed by atoms with Crippen LogP contribution in [-0.4, -0.2) is 54.8 Å². The third-order valence-corrected chi connectivity index (χ3v) is 8.58. The molecule has 2 aliphatic rings. The Bertz CT molecular complexity index is 1470. The lowest BCUT2D eigenvalue weighted by atomic mass is 9.98. The summed E-state index contributed by atoms with van der Waals surface area (Å²) in [7, 11) is -0.631. The van der Waals surface area contributed by atoms with E-state index in [1.54, 1.807) is 30.1 Å². The van der Waals surface area contributed by atoms with Crippen LogP contribution in [0.15, 0.2) is 41.6 Å². The molecule has 2 amide bonds. The Morgan fingerprint density at radius 3 is 2.68 bits per heavy atom. The highest BCUT2D eigenvalue weighted by Gasteiger charge is 2.31. The highest BCUT2D eigenvalue weighted by Crippen LogP contribution is 2.38. The number of hydrogen-bond acceptors (Lipinski definition) is 7. The summed E-state index contributed by atoms with van der Waals surface area (Å²) in [5, 5.41) is 7.09. The van der Waals surface area contributed by atoms with E-state index in [-0.39, 0.29) is 17.1 Å².